The number of rotatable bonds is 5. The molecule has 0 saturated heterocycles. The van der Waals surface area contributed by atoms with Crippen molar-refractivity contribution in [1.29, 1.82) is 0 Å². The number of non-ortho nitro benzene ring substituents is 1. The molecule has 0 aliphatic heterocycles. The number of nitrogens with one attached hydrogen (secondary N) is 1. The van der Waals surface area contributed by atoms with Crippen molar-refractivity contribution in [3.8, 4) is 5.75 Å². The van der Waals surface area contributed by atoms with Crippen LogP contribution in [-0.2, 0) is 4.79 Å². The summed E-state index contributed by atoms with van der Waals surface area (Å²) in [7, 11) is 0. The molecule has 114 valence electrons. The molecule has 0 heterocycles. The van der Waals surface area contributed by atoms with Crippen molar-refractivity contribution >= 4 is 11.6 Å². The van der Waals surface area contributed by atoms with Gasteiger partial charge in [0, 0.05) is 12.1 Å². The van der Waals surface area contributed by atoms with Crippen LogP contribution >= 0.6 is 0 Å². The van der Waals surface area contributed by atoms with E-state index in [4.69, 9.17) is 4.74 Å². The lowest BCUT2D eigenvalue weighted by molar-refractivity contribution is -0.384. The first-order valence-corrected chi connectivity index (χ1v) is 6.91. The van der Waals surface area contributed by atoms with Gasteiger partial charge >= 0.3 is 0 Å². The summed E-state index contributed by atoms with van der Waals surface area (Å²) in [5.41, 5.74) is -0.0304. The van der Waals surface area contributed by atoms with E-state index in [-0.39, 0.29) is 24.2 Å². The second-order valence-electron chi connectivity index (χ2n) is 5.07. The second-order valence-corrected chi connectivity index (χ2v) is 5.07. The first-order valence-electron chi connectivity index (χ1n) is 6.91. The van der Waals surface area contributed by atoms with Gasteiger partial charge in [0.25, 0.3) is 11.6 Å². The topological polar surface area (TPSA) is 102 Å². The Balaban J connectivity index is 1.79. The summed E-state index contributed by atoms with van der Waals surface area (Å²) in [6, 6.07) is 5.31. The fourth-order valence-electron chi connectivity index (χ4n) is 2.34. The van der Waals surface area contributed by atoms with Gasteiger partial charge in [-0.25, -0.2) is 0 Å². The van der Waals surface area contributed by atoms with Crippen LogP contribution in [0.2, 0.25) is 0 Å². The maximum absolute atomic E-state index is 11.7. The Morgan fingerprint density at radius 3 is 2.62 bits per heavy atom. The summed E-state index contributed by atoms with van der Waals surface area (Å²) in [6.07, 6.45) is 2.94. The van der Waals surface area contributed by atoms with Gasteiger partial charge in [-0.05, 0) is 25.0 Å². The largest absolute Gasteiger partial charge is 0.484 e. The number of amides is 1. The number of nitro groups is 1. The Labute approximate surface area is 122 Å². The van der Waals surface area contributed by atoms with Crippen LogP contribution in [0.1, 0.15) is 25.7 Å². The molecular formula is C14H18N2O5. The summed E-state index contributed by atoms with van der Waals surface area (Å²) >= 11 is 0. The monoisotopic (exact) mass is 294 g/mol. The molecule has 2 atom stereocenters. The van der Waals surface area contributed by atoms with E-state index in [9.17, 15) is 20.0 Å². The number of benzene rings is 1. The van der Waals surface area contributed by atoms with E-state index in [1.165, 1.54) is 24.3 Å². The number of carbonyl (C=O) groups excluding carboxylic acids is 1. The average molecular weight is 294 g/mol. The average Bonchev–Trinajstić information content (AvgIpc) is 2.48. The summed E-state index contributed by atoms with van der Waals surface area (Å²) in [5, 5.41) is 23.0. The van der Waals surface area contributed by atoms with Crippen LogP contribution in [0.4, 0.5) is 5.69 Å². The maximum atomic E-state index is 11.7. The second kappa shape index (κ2) is 7.03. The first-order chi connectivity index (χ1) is 10.1. The molecule has 7 nitrogen and oxygen atoms in total. The Morgan fingerprint density at radius 1 is 1.33 bits per heavy atom. The van der Waals surface area contributed by atoms with E-state index in [0.29, 0.717) is 12.2 Å². The highest BCUT2D eigenvalue weighted by Crippen LogP contribution is 2.19. The van der Waals surface area contributed by atoms with E-state index in [1.54, 1.807) is 0 Å². The molecule has 2 unspecified atom stereocenters. The molecule has 1 fully saturated rings. The van der Waals surface area contributed by atoms with Gasteiger partial charge in [0.05, 0.1) is 17.1 Å². The molecule has 2 N–H and O–H groups in total. The predicted octanol–water partition coefficient (Wildman–Crippen LogP) is 1.39. The van der Waals surface area contributed by atoms with E-state index in [1.807, 2.05) is 0 Å². The van der Waals surface area contributed by atoms with Gasteiger partial charge in [-0.1, -0.05) is 12.8 Å². The third-order valence-electron chi connectivity index (χ3n) is 3.49. The molecule has 1 saturated carbocycles. The van der Waals surface area contributed by atoms with Crippen molar-refractivity contribution in [3.63, 3.8) is 0 Å². The zero-order chi connectivity index (χ0) is 15.2. The van der Waals surface area contributed by atoms with Crippen molar-refractivity contribution in [3.05, 3.63) is 34.4 Å². The van der Waals surface area contributed by atoms with Gasteiger partial charge in [-0.3, -0.25) is 14.9 Å². The highest BCUT2D eigenvalue weighted by atomic mass is 16.6. The minimum Gasteiger partial charge on any atom is -0.484 e. The zero-order valence-electron chi connectivity index (χ0n) is 11.5. The Kier molecular flexibility index (Phi) is 5.10. The van der Waals surface area contributed by atoms with Crippen molar-refractivity contribution in [2.75, 3.05) is 6.61 Å². The molecule has 1 aliphatic carbocycles. The summed E-state index contributed by atoms with van der Waals surface area (Å²) in [4.78, 5) is 21.8. The number of aliphatic hydroxyl groups excluding tert-OH is 1. The minimum absolute atomic E-state index is 0.0304. The summed E-state index contributed by atoms with van der Waals surface area (Å²) in [5.74, 6) is 0.0826. The fourth-order valence-corrected chi connectivity index (χ4v) is 2.34. The molecule has 1 aromatic rings. The number of ether oxygens (including phenoxy) is 1. The van der Waals surface area contributed by atoms with E-state index < -0.39 is 11.0 Å². The number of carbonyl (C=O) groups is 1. The molecule has 7 heteroatoms. The first kappa shape index (κ1) is 15.2. The maximum Gasteiger partial charge on any atom is 0.269 e. The van der Waals surface area contributed by atoms with E-state index in [2.05, 4.69) is 5.32 Å². The molecule has 0 aromatic heterocycles. The molecule has 2 rings (SSSR count). The Morgan fingerprint density at radius 2 is 2.00 bits per heavy atom. The quantitative estimate of drug-likeness (QED) is 0.631. The van der Waals surface area contributed by atoms with Crippen LogP contribution in [0.25, 0.3) is 0 Å². The van der Waals surface area contributed by atoms with E-state index in [0.717, 1.165) is 19.3 Å². The number of hydrogen-bond donors (Lipinski definition) is 2. The minimum atomic E-state index is -0.499. The van der Waals surface area contributed by atoms with E-state index >= 15 is 0 Å². The standard InChI is InChI=1S/C14H18N2O5/c17-13-4-2-1-3-12(13)15-14(18)9-21-11-7-5-10(6-8-11)16(19)20/h5-8,12-13,17H,1-4,9H2,(H,15,18). The molecule has 1 aliphatic rings. The molecule has 21 heavy (non-hydrogen) atoms. The zero-order valence-corrected chi connectivity index (χ0v) is 11.5. The Bertz CT molecular complexity index is 503. The molecule has 1 aromatic carbocycles. The third-order valence-corrected chi connectivity index (χ3v) is 3.49. The van der Waals surface area contributed by atoms with Gasteiger partial charge < -0.3 is 15.2 Å². The van der Waals surface area contributed by atoms with Crippen LogP contribution in [0.5, 0.6) is 5.75 Å². The van der Waals surface area contributed by atoms with Crippen LogP contribution < -0.4 is 10.1 Å². The Hall–Kier alpha value is -2.15. The van der Waals surface area contributed by atoms with Crippen LogP contribution in [0, 0.1) is 10.1 Å². The summed E-state index contributed by atoms with van der Waals surface area (Å²) in [6.45, 7) is -0.180. The summed E-state index contributed by atoms with van der Waals surface area (Å²) < 4.78 is 5.26. The van der Waals surface area contributed by atoms with Crippen molar-refractivity contribution in [1.82, 2.24) is 5.32 Å². The number of nitrogens with zero attached hydrogens (tertiary/aromatic N) is 1. The molecular weight excluding hydrogens is 276 g/mol. The molecule has 0 spiro atoms. The molecule has 0 bridgehead atoms. The van der Waals surface area contributed by atoms with Crippen LogP contribution in [0.3, 0.4) is 0 Å². The number of nitro benzene ring substituents is 1. The normalized spacial score (nSPS) is 21.6. The van der Waals surface area contributed by atoms with Crippen molar-refractivity contribution in [2.45, 2.75) is 37.8 Å². The SMILES string of the molecule is O=C(COc1ccc([N+](=O)[O-])cc1)NC1CCCCC1O. The number of aliphatic hydroxyl groups is 1. The van der Waals surface area contributed by atoms with Crippen molar-refractivity contribution in [2.24, 2.45) is 0 Å². The molecule has 1 amide bonds. The highest BCUT2D eigenvalue weighted by Gasteiger charge is 2.24. The van der Waals surface area contributed by atoms with Crippen LogP contribution in [0.15, 0.2) is 24.3 Å². The van der Waals surface area contributed by atoms with Gasteiger partial charge in [-0.15, -0.1) is 0 Å². The van der Waals surface area contributed by atoms with Crippen molar-refractivity contribution < 1.29 is 19.6 Å². The van der Waals surface area contributed by atoms with Gasteiger partial charge in [0.1, 0.15) is 5.75 Å². The predicted molar refractivity (Wildman–Crippen MR) is 75.0 cm³/mol. The van der Waals surface area contributed by atoms with Gasteiger partial charge in [-0.2, -0.15) is 0 Å². The highest BCUT2D eigenvalue weighted by molar-refractivity contribution is 5.77. The smallest absolute Gasteiger partial charge is 0.269 e. The van der Waals surface area contributed by atoms with Gasteiger partial charge in [0.2, 0.25) is 0 Å². The molecule has 0 radical (unpaired) electrons. The van der Waals surface area contributed by atoms with Gasteiger partial charge in [0.15, 0.2) is 6.61 Å². The fraction of sp³-hybridized carbons (Fsp3) is 0.500. The number of hydrogen-bond acceptors (Lipinski definition) is 5. The van der Waals surface area contributed by atoms with Crippen LogP contribution in [-0.4, -0.2) is 34.7 Å². The lowest BCUT2D eigenvalue weighted by Crippen LogP contribution is -2.46. The lowest BCUT2D eigenvalue weighted by atomic mass is 9.92. The lowest BCUT2D eigenvalue weighted by Gasteiger charge is -2.28. The third kappa shape index (κ3) is 4.42.